The molecule has 0 unspecified atom stereocenters. The van der Waals surface area contributed by atoms with Crippen LogP contribution in [0.25, 0.3) is 11.8 Å². The number of ether oxygens (including phenoxy) is 1. The lowest BCUT2D eigenvalue weighted by atomic mass is 9.81. The minimum Gasteiger partial charge on any atom is -0.859 e. The van der Waals surface area contributed by atoms with Crippen molar-refractivity contribution in [2.45, 2.75) is 31.8 Å². The van der Waals surface area contributed by atoms with Gasteiger partial charge in [-0.3, -0.25) is 29.3 Å². The van der Waals surface area contributed by atoms with Crippen LogP contribution in [0.2, 0.25) is 0 Å². The summed E-state index contributed by atoms with van der Waals surface area (Å²) >= 11 is 0. The molecule has 0 atom stereocenters. The van der Waals surface area contributed by atoms with E-state index in [1.54, 1.807) is 79.9 Å². The van der Waals surface area contributed by atoms with Crippen LogP contribution in [0.15, 0.2) is 99.6 Å². The van der Waals surface area contributed by atoms with Gasteiger partial charge in [-0.15, -0.1) is 0 Å². The van der Waals surface area contributed by atoms with Gasteiger partial charge >= 0.3 is 11.7 Å². The van der Waals surface area contributed by atoms with E-state index in [0.29, 0.717) is 16.9 Å². The molecule has 0 radical (unpaired) electrons. The van der Waals surface area contributed by atoms with Crippen molar-refractivity contribution in [3.63, 3.8) is 0 Å². The zero-order chi connectivity index (χ0) is 30.5. The Bertz CT molecular complexity index is 1750. The van der Waals surface area contributed by atoms with Crippen molar-refractivity contribution in [3.05, 3.63) is 116 Å². The fraction of sp³-hybridized carbons (Fsp3) is 0.219. The Morgan fingerprint density at radius 1 is 0.907 bits per heavy atom. The highest BCUT2D eigenvalue weighted by Gasteiger charge is 2.36. The van der Waals surface area contributed by atoms with Crippen LogP contribution in [0.1, 0.15) is 31.2 Å². The number of nitrogens with one attached hydrogen (secondary N) is 2. The first kappa shape index (κ1) is 29.2. The molecule has 11 nitrogen and oxygen atoms in total. The van der Waals surface area contributed by atoms with Crippen molar-refractivity contribution in [2.75, 3.05) is 12.0 Å². The summed E-state index contributed by atoms with van der Waals surface area (Å²) in [6.07, 6.45) is 8.94. The minimum absolute atomic E-state index is 0.0395. The molecule has 1 saturated heterocycles. The van der Waals surface area contributed by atoms with Crippen LogP contribution in [0.3, 0.4) is 0 Å². The largest absolute Gasteiger partial charge is 0.859 e. The molecule has 0 bridgehead atoms. The van der Waals surface area contributed by atoms with E-state index in [-0.39, 0.29) is 23.2 Å². The normalized spacial score (nSPS) is 20.6. The van der Waals surface area contributed by atoms with Crippen LogP contribution in [0.4, 0.5) is 10.5 Å². The van der Waals surface area contributed by atoms with Gasteiger partial charge < -0.3 is 9.84 Å². The number of imide groups is 2. The number of allylic oxidation sites excluding steroid dienone is 4. The van der Waals surface area contributed by atoms with Crippen molar-refractivity contribution in [2.24, 2.45) is 5.92 Å². The van der Waals surface area contributed by atoms with Crippen molar-refractivity contribution in [1.82, 2.24) is 14.9 Å². The van der Waals surface area contributed by atoms with Crippen LogP contribution in [-0.4, -0.2) is 40.6 Å². The zero-order valence-corrected chi connectivity index (χ0v) is 23.3. The van der Waals surface area contributed by atoms with Gasteiger partial charge in [0, 0.05) is 18.4 Å². The second-order valence-electron chi connectivity index (χ2n) is 10.2. The zero-order valence-electron chi connectivity index (χ0n) is 23.3. The van der Waals surface area contributed by atoms with E-state index >= 15 is 0 Å². The number of benzene rings is 2. The van der Waals surface area contributed by atoms with Gasteiger partial charge in [-0.25, -0.2) is 14.5 Å². The molecular weight excluding hydrogens is 552 g/mol. The molecule has 2 N–H and O–H groups in total. The van der Waals surface area contributed by atoms with Crippen molar-refractivity contribution in [3.8, 4) is 11.6 Å². The van der Waals surface area contributed by atoms with Gasteiger partial charge in [0.1, 0.15) is 5.57 Å². The molecule has 1 aromatic heterocycles. The van der Waals surface area contributed by atoms with Crippen LogP contribution in [0, 0.1) is 5.92 Å². The number of methoxy groups -OCH3 is 1. The van der Waals surface area contributed by atoms with E-state index in [2.05, 4.69) is 10.3 Å². The molecule has 0 spiro atoms. The maximum atomic E-state index is 13.3. The maximum Gasteiger partial charge on any atom is 0.335 e. The van der Waals surface area contributed by atoms with Crippen LogP contribution >= 0.6 is 0 Å². The third-order valence-corrected chi connectivity index (χ3v) is 7.60. The van der Waals surface area contributed by atoms with E-state index in [0.717, 1.165) is 35.2 Å². The number of rotatable bonds is 7. The molecular formula is C32H29N4O7-. The fourth-order valence-corrected chi connectivity index (χ4v) is 5.30. The number of aromatic nitrogens is 2. The lowest BCUT2D eigenvalue weighted by molar-refractivity contribution is -0.278. The second kappa shape index (κ2) is 12.7. The molecule has 3 aromatic rings. The highest BCUT2D eigenvalue weighted by molar-refractivity contribution is 6.37. The molecule has 2 aliphatic rings. The van der Waals surface area contributed by atoms with E-state index in [1.807, 2.05) is 0 Å². The average molecular weight is 582 g/mol. The van der Waals surface area contributed by atoms with E-state index in [4.69, 9.17) is 4.74 Å². The van der Waals surface area contributed by atoms with E-state index in [1.165, 1.54) is 12.2 Å². The summed E-state index contributed by atoms with van der Waals surface area (Å²) in [4.78, 5) is 66.8. The summed E-state index contributed by atoms with van der Waals surface area (Å²) in [7, 11) is 1.66. The maximum absolute atomic E-state index is 13.3. The van der Waals surface area contributed by atoms with E-state index in [9.17, 15) is 29.1 Å². The summed E-state index contributed by atoms with van der Waals surface area (Å²) in [6, 6.07) is 15.6. The number of anilines is 1. The Balaban J connectivity index is 1.54. The SMILES string of the molecule is COC1CCC(C(/C=C/c2c([O-])n(-c3ccccc3)c(=O)[nH]c2=O)=C\C=C2/C(=O)NC(=O)N(c3ccccc3)C2=O)CC1. The number of amides is 4. The average Bonchev–Trinajstić information content (AvgIpc) is 3.00. The van der Waals surface area contributed by atoms with E-state index < -0.39 is 35.0 Å². The predicted molar refractivity (Wildman–Crippen MR) is 158 cm³/mol. The molecule has 2 heterocycles. The lowest BCUT2D eigenvalue weighted by Crippen LogP contribution is -2.54. The van der Waals surface area contributed by atoms with Gasteiger partial charge in [0.15, 0.2) is 0 Å². The highest BCUT2D eigenvalue weighted by atomic mass is 16.5. The summed E-state index contributed by atoms with van der Waals surface area (Å²) in [5, 5.41) is 15.5. The number of nitrogens with zero attached hydrogens (tertiary/aromatic N) is 2. The van der Waals surface area contributed by atoms with Gasteiger partial charge in [0.25, 0.3) is 17.4 Å². The first-order valence-corrected chi connectivity index (χ1v) is 13.8. The third-order valence-electron chi connectivity index (χ3n) is 7.60. The number of barbiturate groups is 1. The van der Waals surface area contributed by atoms with Crippen LogP contribution in [-0.2, 0) is 14.3 Å². The number of aromatic amines is 1. The summed E-state index contributed by atoms with van der Waals surface area (Å²) in [5.74, 6) is -2.44. The molecule has 4 amide bonds. The van der Waals surface area contributed by atoms with Gasteiger partial charge in [-0.05, 0) is 79.5 Å². The number of carbonyl (C=O) groups excluding carboxylic acids is 3. The molecule has 2 fully saturated rings. The van der Waals surface area contributed by atoms with Gasteiger partial charge in [0.2, 0.25) is 0 Å². The molecule has 1 saturated carbocycles. The number of para-hydroxylation sites is 2. The first-order valence-electron chi connectivity index (χ1n) is 13.8. The number of carbonyl (C=O) groups is 3. The molecule has 1 aliphatic carbocycles. The van der Waals surface area contributed by atoms with Crippen molar-refractivity contribution in [1.29, 1.82) is 0 Å². The Morgan fingerprint density at radius 3 is 2.16 bits per heavy atom. The Kier molecular flexibility index (Phi) is 8.63. The minimum atomic E-state index is -0.851. The van der Waals surface area contributed by atoms with Gasteiger partial charge in [0.05, 0.1) is 11.8 Å². The Hall–Kier alpha value is -5.29. The smallest absolute Gasteiger partial charge is 0.335 e. The first-order chi connectivity index (χ1) is 20.8. The molecule has 43 heavy (non-hydrogen) atoms. The van der Waals surface area contributed by atoms with Crippen LogP contribution in [0.5, 0.6) is 5.88 Å². The monoisotopic (exact) mass is 581 g/mol. The molecule has 1 aliphatic heterocycles. The predicted octanol–water partition coefficient (Wildman–Crippen LogP) is 2.95. The summed E-state index contributed by atoms with van der Waals surface area (Å²) in [6.45, 7) is 0. The Morgan fingerprint density at radius 2 is 1.53 bits per heavy atom. The standard InChI is InChI=1S/C32H30N4O7/c1-43-24-16-12-20(13-17-24)21(14-18-25-27(37)33-31(41)35(29(25)39)22-8-4-2-5-9-22)15-19-26-28(38)34-32(42)36(30(26)40)23-10-6-3-7-11-23/h2-11,14-15,18-20,24,39H,12-13,16-17H2,1H3,(H,33,37,41)(H,34,38,42)/p-1/b18-14+,21-15-,26-19+. The highest BCUT2D eigenvalue weighted by Crippen LogP contribution is 2.33. The molecule has 220 valence electrons. The third kappa shape index (κ3) is 6.16. The lowest BCUT2D eigenvalue weighted by Gasteiger charge is -2.28. The van der Waals surface area contributed by atoms with Gasteiger partial charge in [-0.1, -0.05) is 48.6 Å². The number of urea groups is 1. The van der Waals surface area contributed by atoms with Gasteiger partial charge in [-0.2, -0.15) is 0 Å². The van der Waals surface area contributed by atoms with Crippen molar-refractivity contribution < 1.29 is 24.2 Å². The second-order valence-corrected chi connectivity index (χ2v) is 10.2. The summed E-state index contributed by atoms with van der Waals surface area (Å²) in [5.41, 5.74) is -0.918. The number of H-pyrrole nitrogens is 1. The topological polar surface area (TPSA) is 154 Å². The quantitative estimate of drug-likeness (QED) is 0.247. The number of hydrogen-bond donors (Lipinski definition) is 2. The molecule has 2 aromatic carbocycles. The van der Waals surface area contributed by atoms with Crippen molar-refractivity contribution >= 4 is 29.6 Å². The van der Waals surface area contributed by atoms with Crippen LogP contribution < -0.4 is 26.6 Å². The molecule has 5 rings (SSSR count). The molecule has 11 heteroatoms. The Labute approximate surface area is 246 Å². The fourth-order valence-electron chi connectivity index (χ4n) is 5.30. The summed E-state index contributed by atoms with van der Waals surface area (Å²) < 4.78 is 6.38. The number of hydrogen-bond acceptors (Lipinski definition) is 7.